The average Bonchev–Trinajstić information content (AvgIpc) is 2.68. The molecule has 0 saturated heterocycles. The summed E-state index contributed by atoms with van der Waals surface area (Å²) in [7, 11) is -0.886. The van der Waals surface area contributed by atoms with Gasteiger partial charge in [0.25, 0.3) is 0 Å². The first-order valence-corrected chi connectivity index (χ1v) is 10.5. The monoisotopic (exact) mass is 429 g/mol. The largest absolute Gasteiger partial charge is 0.493 e. The lowest BCUT2D eigenvalue weighted by Gasteiger charge is -2.21. The van der Waals surface area contributed by atoms with E-state index in [0.717, 1.165) is 24.6 Å². The molecule has 0 aliphatic carbocycles. The Balaban J connectivity index is 2.24. The molecule has 1 aromatic heterocycles. The molecule has 1 unspecified atom stereocenters. The van der Waals surface area contributed by atoms with Gasteiger partial charge in [-0.3, -0.25) is 0 Å². The summed E-state index contributed by atoms with van der Waals surface area (Å²) >= 11 is 0. The third kappa shape index (κ3) is 5.84. The Kier molecular flexibility index (Phi) is 7.88. The number of aliphatic hydroxyl groups is 1. The molecular weight excluding hydrogens is 404 g/mol. The number of aliphatic hydroxyl groups excluding tert-OH is 1. The van der Waals surface area contributed by atoms with Crippen LogP contribution in [0.1, 0.15) is 31.4 Å². The van der Waals surface area contributed by atoms with Gasteiger partial charge in [0, 0.05) is 44.1 Å². The number of ether oxygens (including phenoxy) is 1. The molecule has 1 heterocycles. The number of anilines is 1. The van der Waals surface area contributed by atoms with E-state index in [4.69, 9.17) is 9.84 Å². The maximum absolute atomic E-state index is 13.9. The van der Waals surface area contributed by atoms with Gasteiger partial charge in [0.15, 0.2) is 11.6 Å². The molecule has 0 radical (unpaired) electrons. The summed E-state index contributed by atoms with van der Waals surface area (Å²) < 4.78 is 60.4. The van der Waals surface area contributed by atoms with Crippen LogP contribution in [0.5, 0.6) is 5.75 Å². The predicted molar refractivity (Wildman–Crippen MR) is 105 cm³/mol. The fourth-order valence-electron chi connectivity index (χ4n) is 2.78. The maximum atomic E-state index is 13.9. The lowest BCUT2D eigenvalue weighted by molar-refractivity contribution is 0.285. The minimum Gasteiger partial charge on any atom is -0.493 e. The fourth-order valence-corrected chi connectivity index (χ4v) is 3.96. The smallest absolute Gasteiger partial charge is 0.242 e. The second kappa shape index (κ2) is 9.95. The van der Waals surface area contributed by atoms with Gasteiger partial charge in [-0.1, -0.05) is 0 Å². The Labute approximate surface area is 169 Å². The number of benzene rings is 1. The topological polar surface area (TPSA) is 91.8 Å². The predicted octanol–water partition coefficient (Wildman–Crippen LogP) is 2.62. The van der Waals surface area contributed by atoms with Crippen molar-refractivity contribution in [2.24, 2.45) is 0 Å². The van der Waals surface area contributed by atoms with Gasteiger partial charge in [-0.2, -0.15) is 0 Å². The van der Waals surface area contributed by atoms with Crippen LogP contribution >= 0.6 is 0 Å². The zero-order valence-corrected chi connectivity index (χ0v) is 17.3. The molecule has 29 heavy (non-hydrogen) atoms. The van der Waals surface area contributed by atoms with Crippen molar-refractivity contribution in [2.75, 3.05) is 32.2 Å². The van der Waals surface area contributed by atoms with E-state index >= 15 is 0 Å². The minimum absolute atomic E-state index is 0.0886. The molecule has 2 aromatic rings. The van der Waals surface area contributed by atoms with Gasteiger partial charge in [0.05, 0.1) is 7.11 Å². The number of sulfonamides is 1. The SMILES string of the molecule is COc1cc(S(=O)(=O)NC(C)c2cc(F)ccc2F)cnc1N(C)CCCCO. The average molecular weight is 429 g/mol. The van der Waals surface area contributed by atoms with E-state index in [0.29, 0.717) is 18.8 Å². The molecule has 2 rings (SSSR count). The van der Waals surface area contributed by atoms with Crippen molar-refractivity contribution in [1.29, 1.82) is 0 Å². The number of hydrogen-bond donors (Lipinski definition) is 2. The maximum Gasteiger partial charge on any atom is 0.242 e. The standard InChI is InChI=1S/C19H25F2N3O4S/c1-13(16-10-14(20)6-7-17(16)21)23-29(26,27)15-11-18(28-3)19(22-12-15)24(2)8-4-5-9-25/h6-7,10-13,23,25H,4-5,8-9H2,1-3H3. The van der Waals surface area contributed by atoms with E-state index < -0.39 is 27.7 Å². The summed E-state index contributed by atoms with van der Waals surface area (Å²) in [4.78, 5) is 5.82. The Bertz CT molecular complexity index is 941. The van der Waals surface area contributed by atoms with Gasteiger partial charge >= 0.3 is 0 Å². The molecule has 0 saturated carbocycles. The third-order valence-electron chi connectivity index (χ3n) is 4.36. The number of halogens is 2. The van der Waals surface area contributed by atoms with Crippen LogP contribution in [0.3, 0.4) is 0 Å². The number of nitrogens with zero attached hydrogens (tertiary/aromatic N) is 2. The number of unbranched alkanes of at least 4 members (excludes halogenated alkanes) is 1. The summed E-state index contributed by atoms with van der Waals surface area (Å²) in [5.41, 5.74) is -0.103. The van der Waals surface area contributed by atoms with Gasteiger partial charge in [-0.25, -0.2) is 26.9 Å². The van der Waals surface area contributed by atoms with E-state index in [2.05, 4.69) is 9.71 Å². The van der Waals surface area contributed by atoms with E-state index in [1.165, 1.54) is 26.3 Å². The molecule has 1 atom stereocenters. The summed E-state index contributed by atoms with van der Waals surface area (Å²) in [6.45, 7) is 2.11. The van der Waals surface area contributed by atoms with Crippen LogP contribution < -0.4 is 14.4 Å². The molecular formula is C19H25F2N3O4S. The number of aromatic nitrogens is 1. The Morgan fingerprint density at radius 1 is 1.28 bits per heavy atom. The molecule has 0 spiro atoms. The highest BCUT2D eigenvalue weighted by molar-refractivity contribution is 7.89. The number of hydrogen-bond acceptors (Lipinski definition) is 6. The van der Waals surface area contributed by atoms with Crippen LogP contribution in [-0.2, 0) is 10.0 Å². The highest BCUT2D eigenvalue weighted by Crippen LogP contribution is 2.28. The number of rotatable bonds is 10. The number of methoxy groups -OCH3 is 1. The minimum atomic E-state index is -4.07. The molecule has 0 aliphatic heterocycles. The van der Waals surface area contributed by atoms with Crippen molar-refractivity contribution < 1.29 is 27.0 Å². The zero-order chi connectivity index (χ0) is 21.6. The van der Waals surface area contributed by atoms with Gasteiger partial charge in [0.2, 0.25) is 10.0 Å². The second-order valence-corrected chi connectivity index (χ2v) is 8.27. The van der Waals surface area contributed by atoms with Crippen molar-refractivity contribution >= 4 is 15.8 Å². The fraction of sp³-hybridized carbons (Fsp3) is 0.421. The van der Waals surface area contributed by atoms with Crippen LogP contribution in [0.2, 0.25) is 0 Å². The van der Waals surface area contributed by atoms with Crippen LogP contribution in [0.15, 0.2) is 35.4 Å². The Morgan fingerprint density at radius 2 is 2.00 bits per heavy atom. The summed E-state index contributed by atoms with van der Waals surface area (Å²) in [5.74, 6) is -0.667. The first-order valence-electron chi connectivity index (χ1n) is 9.03. The number of pyridine rings is 1. The van der Waals surface area contributed by atoms with Crippen LogP contribution in [0, 0.1) is 11.6 Å². The molecule has 7 nitrogen and oxygen atoms in total. The molecule has 0 amide bonds. The van der Waals surface area contributed by atoms with E-state index in [-0.39, 0.29) is 22.8 Å². The van der Waals surface area contributed by atoms with E-state index in [9.17, 15) is 17.2 Å². The van der Waals surface area contributed by atoms with E-state index in [1.807, 2.05) is 0 Å². The van der Waals surface area contributed by atoms with Crippen molar-refractivity contribution in [3.63, 3.8) is 0 Å². The Morgan fingerprint density at radius 3 is 2.66 bits per heavy atom. The highest BCUT2D eigenvalue weighted by atomic mass is 32.2. The molecule has 0 fully saturated rings. The van der Waals surface area contributed by atoms with E-state index in [1.54, 1.807) is 11.9 Å². The second-order valence-electron chi connectivity index (χ2n) is 6.56. The molecule has 0 aliphatic rings. The van der Waals surface area contributed by atoms with Crippen LogP contribution in [0.25, 0.3) is 0 Å². The van der Waals surface area contributed by atoms with Crippen molar-refractivity contribution in [2.45, 2.75) is 30.7 Å². The number of nitrogens with one attached hydrogen (secondary N) is 1. The van der Waals surface area contributed by atoms with Crippen LogP contribution in [0.4, 0.5) is 14.6 Å². The van der Waals surface area contributed by atoms with Gasteiger partial charge in [0.1, 0.15) is 16.5 Å². The third-order valence-corrected chi connectivity index (χ3v) is 5.87. The molecule has 0 bridgehead atoms. The molecule has 2 N–H and O–H groups in total. The van der Waals surface area contributed by atoms with Gasteiger partial charge < -0.3 is 14.7 Å². The van der Waals surface area contributed by atoms with Crippen molar-refractivity contribution in [1.82, 2.24) is 9.71 Å². The van der Waals surface area contributed by atoms with Crippen molar-refractivity contribution in [3.8, 4) is 5.75 Å². The van der Waals surface area contributed by atoms with Gasteiger partial charge in [-0.05, 0) is 38.0 Å². The first-order chi connectivity index (χ1) is 13.7. The highest BCUT2D eigenvalue weighted by Gasteiger charge is 2.23. The zero-order valence-electron chi connectivity index (χ0n) is 16.5. The first kappa shape index (κ1) is 23.0. The summed E-state index contributed by atoms with van der Waals surface area (Å²) in [6.07, 6.45) is 2.55. The van der Waals surface area contributed by atoms with Crippen molar-refractivity contribution in [3.05, 3.63) is 47.7 Å². The lowest BCUT2D eigenvalue weighted by atomic mass is 10.1. The molecule has 10 heteroatoms. The summed E-state index contributed by atoms with van der Waals surface area (Å²) in [5, 5.41) is 8.89. The lowest BCUT2D eigenvalue weighted by Crippen LogP contribution is -2.28. The van der Waals surface area contributed by atoms with Crippen LogP contribution in [-0.4, -0.2) is 45.8 Å². The quantitative estimate of drug-likeness (QED) is 0.564. The normalized spacial score (nSPS) is 12.6. The summed E-state index contributed by atoms with van der Waals surface area (Å²) in [6, 6.07) is 3.18. The van der Waals surface area contributed by atoms with Gasteiger partial charge in [-0.15, -0.1) is 0 Å². The Hall–Kier alpha value is -2.30. The molecule has 160 valence electrons. The molecule has 1 aromatic carbocycles.